The molecule has 0 bridgehead atoms. The molecular weight excluding hydrogens is 411 g/mol. The number of benzene rings is 1. The number of esters is 2. The fourth-order valence-electron chi connectivity index (χ4n) is 4.52. The average Bonchev–Trinajstić information content (AvgIpc) is 2.79. The number of hydrogen-bond acceptors (Lipinski definition) is 5. The van der Waals surface area contributed by atoms with Crippen molar-refractivity contribution in [1.82, 2.24) is 0 Å². The van der Waals surface area contributed by atoms with E-state index in [9.17, 15) is 14.0 Å². The summed E-state index contributed by atoms with van der Waals surface area (Å²) in [7, 11) is 0. The highest BCUT2D eigenvalue weighted by atomic mass is 19.1. The van der Waals surface area contributed by atoms with Crippen LogP contribution in [0.4, 0.5) is 4.39 Å². The molecular formula is C26H37FO5. The van der Waals surface area contributed by atoms with Gasteiger partial charge in [-0.1, -0.05) is 20.3 Å². The summed E-state index contributed by atoms with van der Waals surface area (Å²) < 4.78 is 30.9. The van der Waals surface area contributed by atoms with E-state index in [1.54, 1.807) is 6.07 Å². The quantitative estimate of drug-likeness (QED) is 0.338. The van der Waals surface area contributed by atoms with Crippen LogP contribution in [0.15, 0.2) is 18.2 Å². The Labute approximate surface area is 191 Å². The van der Waals surface area contributed by atoms with Crippen LogP contribution in [0.5, 0.6) is 5.75 Å². The Hall–Kier alpha value is -2.11. The van der Waals surface area contributed by atoms with Gasteiger partial charge >= 0.3 is 11.9 Å². The minimum absolute atomic E-state index is 0.00792. The highest BCUT2D eigenvalue weighted by molar-refractivity contribution is 5.89. The lowest BCUT2D eigenvalue weighted by atomic mass is 9.83. The Balaban J connectivity index is 1.38. The lowest BCUT2D eigenvalue weighted by molar-refractivity contribution is -0.157. The van der Waals surface area contributed by atoms with Crippen LogP contribution in [-0.4, -0.2) is 31.3 Å². The summed E-state index contributed by atoms with van der Waals surface area (Å²) in [5.74, 6) is 0.276. The van der Waals surface area contributed by atoms with Crippen LogP contribution in [-0.2, 0) is 14.3 Å². The van der Waals surface area contributed by atoms with E-state index in [1.165, 1.54) is 12.1 Å². The van der Waals surface area contributed by atoms with E-state index in [0.29, 0.717) is 24.9 Å². The summed E-state index contributed by atoms with van der Waals surface area (Å²) in [5.41, 5.74) is -0.0665. The fourth-order valence-corrected chi connectivity index (χ4v) is 4.52. The normalized spacial score (nSPS) is 25.7. The minimum Gasteiger partial charge on any atom is -0.493 e. The van der Waals surface area contributed by atoms with E-state index < -0.39 is 11.8 Å². The van der Waals surface area contributed by atoms with E-state index in [4.69, 9.17) is 14.2 Å². The van der Waals surface area contributed by atoms with E-state index in [1.807, 2.05) is 6.92 Å². The zero-order valence-corrected chi connectivity index (χ0v) is 19.4. The Bertz CT molecular complexity index is 749. The molecule has 1 aromatic carbocycles. The summed E-state index contributed by atoms with van der Waals surface area (Å²) in [6, 6.07) is 4.27. The monoisotopic (exact) mass is 448 g/mol. The number of halogens is 1. The Kier molecular flexibility index (Phi) is 9.36. The third-order valence-electron chi connectivity index (χ3n) is 6.80. The Morgan fingerprint density at radius 1 is 1.03 bits per heavy atom. The Morgan fingerprint density at radius 2 is 1.75 bits per heavy atom. The summed E-state index contributed by atoms with van der Waals surface area (Å²) in [6.45, 7) is 5.03. The SMILES string of the molecule is CCCCOC(=O)c1ccc(OCC2CCC(OC(=O)C3CCC(C)CC3)CC2)cc1F. The molecule has 0 amide bonds. The third kappa shape index (κ3) is 7.21. The molecule has 0 unspecified atom stereocenters. The van der Waals surface area contributed by atoms with Gasteiger partial charge in [-0.2, -0.15) is 0 Å². The molecule has 0 heterocycles. The molecule has 3 rings (SSSR count). The molecule has 2 aliphatic carbocycles. The lowest BCUT2D eigenvalue weighted by Crippen LogP contribution is -2.30. The fraction of sp³-hybridized carbons (Fsp3) is 0.692. The van der Waals surface area contributed by atoms with Crippen LogP contribution in [0, 0.1) is 23.6 Å². The molecule has 2 aliphatic rings. The molecule has 5 nitrogen and oxygen atoms in total. The van der Waals surface area contributed by atoms with Crippen molar-refractivity contribution in [2.45, 2.75) is 84.2 Å². The lowest BCUT2D eigenvalue weighted by Gasteiger charge is -2.31. The molecule has 32 heavy (non-hydrogen) atoms. The second kappa shape index (κ2) is 12.2. The molecule has 0 spiro atoms. The van der Waals surface area contributed by atoms with Crippen LogP contribution in [0.25, 0.3) is 0 Å². The van der Waals surface area contributed by atoms with Crippen molar-refractivity contribution >= 4 is 11.9 Å². The number of ether oxygens (including phenoxy) is 3. The van der Waals surface area contributed by atoms with Gasteiger partial charge in [0.05, 0.1) is 24.7 Å². The van der Waals surface area contributed by atoms with E-state index in [0.717, 1.165) is 70.1 Å². The summed E-state index contributed by atoms with van der Waals surface area (Å²) in [4.78, 5) is 24.4. The largest absolute Gasteiger partial charge is 0.493 e. The third-order valence-corrected chi connectivity index (χ3v) is 6.80. The number of unbranched alkanes of at least 4 members (excludes halogenated alkanes) is 1. The molecule has 0 N–H and O–H groups in total. The first-order valence-electron chi connectivity index (χ1n) is 12.3. The molecule has 2 saturated carbocycles. The van der Waals surface area contributed by atoms with Crippen molar-refractivity contribution in [2.75, 3.05) is 13.2 Å². The van der Waals surface area contributed by atoms with Gasteiger partial charge in [-0.3, -0.25) is 4.79 Å². The van der Waals surface area contributed by atoms with Crippen molar-refractivity contribution in [3.8, 4) is 5.75 Å². The molecule has 0 aliphatic heterocycles. The van der Waals surface area contributed by atoms with Crippen molar-refractivity contribution in [3.05, 3.63) is 29.6 Å². The van der Waals surface area contributed by atoms with Gasteiger partial charge in [-0.15, -0.1) is 0 Å². The first-order chi connectivity index (χ1) is 15.5. The molecule has 0 aromatic heterocycles. The number of carbonyl (C=O) groups is 2. The predicted octanol–water partition coefficient (Wildman–Crippen LogP) is 6.09. The van der Waals surface area contributed by atoms with Crippen LogP contribution >= 0.6 is 0 Å². The molecule has 1 aromatic rings. The van der Waals surface area contributed by atoms with Crippen LogP contribution < -0.4 is 4.74 Å². The maximum absolute atomic E-state index is 14.3. The van der Waals surface area contributed by atoms with Gasteiger partial charge in [0.2, 0.25) is 0 Å². The first-order valence-corrected chi connectivity index (χ1v) is 12.3. The van der Waals surface area contributed by atoms with Crippen LogP contribution in [0.2, 0.25) is 0 Å². The van der Waals surface area contributed by atoms with Crippen molar-refractivity contribution in [3.63, 3.8) is 0 Å². The van der Waals surface area contributed by atoms with Gasteiger partial charge in [-0.25, -0.2) is 9.18 Å². The number of carbonyl (C=O) groups excluding carboxylic acids is 2. The summed E-state index contributed by atoms with van der Waals surface area (Å²) >= 11 is 0. The molecule has 2 fully saturated rings. The van der Waals surface area contributed by atoms with Crippen LogP contribution in [0.3, 0.4) is 0 Å². The van der Waals surface area contributed by atoms with E-state index in [2.05, 4.69) is 6.92 Å². The predicted molar refractivity (Wildman–Crippen MR) is 120 cm³/mol. The molecule has 0 atom stereocenters. The number of rotatable bonds is 9. The zero-order chi connectivity index (χ0) is 22.9. The number of hydrogen-bond donors (Lipinski definition) is 0. The van der Waals surface area contributed by atoms with Gasteiger partial charge in [0.15, 0.2) is 0 Å². The second-order valence-corrected chi connectivity index (χ2v) is 9.48. The topological polar surface area (TPSA) is 61.8 Å². The van der Waals surface area contributed by atoms with E-state index in [-0.39, 0.29) is 23.6 Å². The minimum atomic E-state index is -0.641. The maximum Gasteiger partial charge on any atom is 0.341 e. The molecule has 178 valence electrons. The first kappa shape index (κ1) is 24.5. The van der Waals surface area contributed by atoms with Gasteiger partial charge in [0, 0.05) is 6.07 Å². The molecule has 0 radical (unpaired) electrons. The van der Waals surface area contributed by atoms with Crippen LogP contribution in [0.1, 0.15) is 88.4 Å². The van der Waals surface area contributed by atoms with Gasteiger partial charge in [0.25, 0.3) is 0 Å². The second-order valence-electron chi connectivity index (χ2n) is 9.48. The summed E-state index contributed by atoms with van der Waals surface area (Å²) in [5, 5.41) is 0. The van der Waals surface area contributed by atoms with Crippen molar-refractivity contribution in [2.24, 2.45) is 17.8 Å². The van der Waals surface area contributed by atoms with Gasteiger partial charge in [-0.05, 0) is 81.8 Å². The average molecular weight is 449 g/mol. The smallest absolute Gasteiger partial charge is 0.341 e. The van der Waals surface area contributed by atoms with Crippen molar-refractivity contribution in [1.29, 1.82) is 0 Å². The highest BCUT2D eigenvalue weighted by Crippen LogP contribution is 2.32. The molecule has 6 heteroatoms. The molecule has 0 saturated heterocycles. The Morgan fingerprint density at radius 3 is 2.41 bits per heavy atom. The highest BCUT2D eigenvalue weighted by Gasteiger charge is 2.30. The van der Waals surface area contributed by atoms with E-state index >= 15 is 0 Å². The maximum atomic E-state index is 14.3. The van der Waals surface area contributed by atoms with Gasteiger partial charge < -0.3 is 14.2 Å². The van der Waals surface area contributed by atoms with Gasteiger partial charge in [0.1, 0.15) is 17.7 Å². The zero-order valence-electron chi connectivity index (χ0n) is 19.4. The standard InChI is InChI=1S/C26H37FO5/c1-3-4-15-30-26(29)23-14-13-22(16-24(23)27)31-17-19-7-11-21(12-8-19)32-25(28)20-9-5-18(2)6-10-20/h13-14,16,18-21H,3-12,15,17H2,1-2H3. The van der Waals surface area contributed by atoms with Crippen molar-refractivity contribution < 1.29 is 28.2 Å². The summed E-state index contributed by atoms with van der Waals surface area (Å²) in [6.07, 6.45) is 9.35.